The number of alkyl carbamates (subject to hydrolysis) is 1. The molecule has 0 aromatic heterocycles. The van der Waals surface area contributed by atoms with Crippen LogP contribution in [0, 0.1) is 11.8 Å². The van der Waals surface area contributed by atoms with E-state index < -0.39 is 18.0 Å². The number of benzene rings is 2. The average Bonchev–Trinajstić information content (AvgIpc) is 3.46. The summed E-state index contributed by atoms with van der Waals surface area (Å²) in [6, 6.07) is 16.0. The lowest BCUT2D eigenvalue weighted by molar-refractivity contribution is -0.144. The average molecular weight is 477 g/mol. The fourth-order valence-electron chi connectivity index (χ4n) is 6.06. The van der Waals surface area contributed by atoms with Gasteiger partial charge in [-0.3, -0.25) is 9.59 Å². The summed E-state index contributed by atoms with van der Waals surface area (Å²) in [4.78, 5) is 36.9. The maximum atomic E-state index is 12.8. The predicted molar refractivity (Wildman–Crippen MR) is 131 cm³/mol. The predicted octanol–water partition coefficient (Wildman–Crippen LogP) is 4.45. The van der Waals surface area contributed by atoms with Crippen LogP contribution in [0.1, 0.15) is 62.0 Å². The third kappa shape index (κ3) is 4.90. The number of carbonyl (C=O) groups excluding carboxylic acids is 2. The van der Waals surface area contributed by atoms with E-state index in [4.69, 9.17) is 4.74 Å². The number of aliphatic carboxylic acids is 1. The first-order chi connectivity index (χ1) is 17.0. The fraction of sp³-hybridized carbons (Fsp3) is 0.464. The summed E-state index contributed by atoms with van der Waals surface area (Å²) >= 11 is 0. The highest BCUT2D eigenvalue weighted by atomic mass is 16.5. The van der Waals surface area contributed by atoms with E-state index in [9.17, 15) is 19.5 Å². The number of nitrogens with one attached hydrogen (secondary N) is 2. The lowest BCUT2D eigenvalue weighted by atomic mass is 9.84. The van der Waals surface area contributed by atoms with Crippen LogP contribution in [0.3, 0.4) is 0 Å². The lowest BCUT2D eigenvalue weighted by Crippen LogP contribution is -2.47. The molecule has 35 heavy (non-hydrogen) atoms. The van der Waals surface area contributed by atoms with Gasteiger partial charge in [-0.15, -0.1) is 0 Å². The van der Waals surface area contributed by atoms with Gasteiger partial charge in [-0.05, 0) is 54.4 Å². The third-order valence-corrected chi connectivity index (χ3v) is 7.88. The molecule has 2 unspecified atom stereocenters. The van der Waals surface area contributed by atoms with E-state index >= 15 is 0 Å². The molecule has 2 saturated carbocycles. The Hall–Kier alpha value is -3.35. The topological polar surface area (TPSA) is 105 Å². The molecule has 7 heteroatoms. The second-order valence-corrected chi connectivity index (χ2v) is 10.0. The second-order valence-electron chi connectivity index (χ2n) is 10.0. The molecule has 0 aliphatic heterocycles. The monoisotopic (exact) mass is 476 g/mol. The largest absolute Gasteiger partial charge is 0.481 e. The van der Waals surface area contributed by atoms with Gasteiger partial charge in [0.1, 0.15) is 6.61 Å². The van der Waals surface area contributed by atoms with Crippen molar-refractivity contribution in [2.24, 2.45) is 11.8 Å². The van der Waals surface area contributed by atoms with E-state index in [-0.39, 0.29) is 36.4 Å². The van der Waals surface area contributed by atoms with E-state index in [1.165, 1.54) is 22.3 Å². The summed E-state index contributed by atoms with van der Waals surface area (Å²) in [5, 5.41) is 15.4. The molecule has 2 fully saturated rings. The summed E-state index contributed by atoms with van der Waals surface area (Å²) in [6.07, 6.45) is 4.59. The quantitative estimate of drug-likeness (QED) is 0.571. The van der Waals surface area contributed by atoms with Gasteiger partial charge >= 0.3 is 12.1 Å². The van der Waals surface area contributed by atoms with Crippen LogP contribution in [0.25, 0.3) is 11.1 Å². The summed E-state index contributed by atoms with van der Waals surface area (Å²) in [6.45, 7) is 0.259. The third-order valence-electron chi connectivity index (χ3n) is 7.88. The Morgan fingerprint density at radius 2 is 1.51 bits per heavy atom. The molecule has 2 aromatic carbocycles. The number of hydrogen-bond acceptors (Lipinski definition) is 4. The molecule has 2 aromatic rings. The van der Waals surface area contributed by atoms with Crippen LogP contribution in [0.15, 0.2) is 48.5 Å². The molecule has 0 bridgehead atoms. The minimum absolute atomic E-state index is 0.00734. The smallest absolute Gasteiger partial charge is 0.407 e. The van der Waals surface area contributed by atoms with Crippen molar-refractivity contribution in [3.63, 3.8) is 0 Å². The van der Waals surface area contributed by atoms with Crippen molar-refractivity contribution in [1.29, 1.82) is 0 Å². The summed E-state index contributed by atoms with van der Waals surface area (Å²) in [5.41, 5.74) is 4.71. The van der Waals surface area contributed by atoms with Crippen molar-refractivity contribution in [2.75, 3.05) is 6.61 Å². The Balaban J connectivity index is 1.12. The van der Waals surface area contributed by atoms with Gasteiger partial charge in [0.25, 0.3) is 0 Å². The first-order valence-electron chi connectivity index (χ1n) is 12.7. The highest BCUT2D eigenvalue weighted by Gasteiger charge is 2.36. The number of fused-ring (bicyclic) bond motifs is 3. The fourth-order valence-corrected chi connectivity index (χ4v) is 6.06. The Kier molecular flexibility index (Phi) is 6.75. The zero-order chi connectivity index (χ0) is 24.4. The van der Waals surface area contributed by atoms with Gasteiger partial charge in [0.2, 0.25) is 5.91 Å². The second kappa shape index (κ2) is 10.1. The van der Waals surface area contributed by atoms with Gasteiger partial charge in [-0.2, -0.15) is 0 Å². The van der Waals surface area contributed by atoms with Crippen LogP contribution < -0.4 is 10.6 Å². The SMILES string of the molecule is O=C(NC1CCC(C(=O)N[C@H]2CCCC[C@H]2C(=O)O)C1)OCC1c2ccccc2-c2ccccc21. The minimum atomic E-state index is -0.837. The lowest BCUT2D eigenvalue weighted by Gasteiger charge is -2.30. The molecule has 0 heterocycles. The van der Waals surface area contributed by atoms with Crippen LogP contribution in [0.5, 0.6) is 0 Å². The Bertz CT molecular complexity index is 1070. The van der Waals surface area contributed by atoms with E-state index in [2.05, 4.69) is 34.9 Å². The molecule has 4 atom stereocenters. The van der Waals surface area contributed by atoms with Crippen LogP contribution in [0.2, 0.25) is 0 Å². The molecular formula is C28H32N2O5. The van der Waals surface area contributed by atoms with Crippen molar-refractivity contribution in [1.82, 2.24) is 10.6 Å². The molecule has 2 amide bonds. The van der Waals surface area contributed by atoms with Crippen molar-refractivity contribution in [2.45, 2.75) is 62.9 Å². The zero-order valence-corrected chi connectivity index (χ0v) is 19.7. The molecule has 7 nitrogen and oxygen atoms in total. The zero-order valence-electron chi connectivity index (χ0n) is 19.7. The number of hydrogen-bond donors (Lipinski definition) is 3. The van der Waals surface area contributed by atoms with Crippen molar-refractivity contribution >= 4 is 18.0 Å². The highest BCUT2D eigenvalue weighted by molar-refractivity contribution is 5.81. The number of amides is 2. The van der Waals surface area contributed by atoms with Crippen LogP contribution in [-0.2, 0) is 14.3 Å². The Labute approximate surface area is 205 Å². The maximum Gasteiger partial charge on any atom is 0.407 e. The molecule has 3 aliphatic carbocycles. The van der Waals surface area contributed by atoms with E-state index in [1.54, 1.807) is 0 Å². The van der Waals surface area contributed by atoms with Crippen LogP contribution in [0.4, 0.5) is 4.79 Å². The van der Waals surface area contributed by atoms with Gasteiger partial charge in [0.05, 0.1) is 5.92 Å². The van der Waals surface area contributed by atoms with E-state index in [1.807, 2.05) is 24.3 Å². The summed E-state index contributed by atoms with van der Waals surface area (Å²) < 4.78 is 5.64. The van der Waals surface area contributed by atoms with Gasteiger partial charge in [-0.1, -0.05) is 61.4 Å². The van der Waals surface area contributed by atoms with Gasteiger partial charge in [0.15, 0.2) is 0 Å². The molecule has 3 aliphatic rings. The first kappa shape index (κ1) is 23.4. The molecular weight excluding hydrogens is 444 g/mol. The molecule has 3 N–H and O–H groups in total. The molecule has 5 rings (SSSR count). The molecule has 0 radical (unpaired) electrons. The van der Waals surface area contributed by atoms with Gasteiger partial charge < -0.3 is 20.5 Å². The molecule has 0 spiro atoms. The minimum Gasteiger partial charge on any atom is -0.481 e. The summed E-state index contributed by atoms with van der Waals surface area (Å²) in [5.74, 6) is -1.65. The Morgan fingerprint density at radius 3 is 2.20 bits per heavy atom. The van der Waals surface area contributed by atoms with Crippen molar-refractivity contribution in [3.8, 4) is 11.1 Å². The molecule has 0 saturated heterocycles. The van der Waals surface area contributed by atoms with Gasteiger partial charge in [0, 0.05) is 23.9 Å². The number of ether oxygens (including phenoxy) is 1. The van der Waals surface area contributed by atoms with E-state index in [0.29, 0.717) is 32.1 Å². The first-order valence-corrected chi connectivity index (χ1v) is 12.7. The van der Waals surface area contributed by atoms with Crippen LogP contribution in [-0.4, -0.2) is 41.8 Å². The van der Waals surface area contributed by atoms with Crippen molar-refractivity contribution in [3.05, 3.63) is 59.7 Å². The normalized spacial score (nSPS) is 25.4. The highest BCUT2D eigenvalue weighted by Crippen LogP contribution is 2.44. The van der Waals surface area contributed by atoms with E-state index in [0.717, 1.165) is 12.8 Å². The maximum absolute atomic E-state index is 12.8. The number of carboxylic acids is 1. The van der Waals surface area contributed by atoms with Crippen LogP contribution >= 0.6 is 0 Å². The van der Waals surface area contributed by atoms with Crippen molar-refractivity contribution < 1.29 is 24.2 Å². The summed E-state index contributed by atoms with van der Waals surface area (Å²) in [7, 11) is 0. The molecule has 184 valence electrons. The number of rotatable bonds is 6. The Morgan fingerprint density at radius 1 is 0.857 bits per heavy atom. The van der Waals surface area contributed by atoms with Gasteiger partial charge in [-0.25, -0.2) is 4.79 Å². The number of carbonyl (C=O) groups is 3. The number of carboxylic acid groups (broad SMARTS) is 1. The standard InChI is InChI=1S/C28H32N2O5/c31-26(30-25-12-6-5-11-23(25)27(32)33)17-13-14-18(15-17)29-28(34)35-16-24-21-9-3-1-7-19(21)20-8-2-4-10-22(20)24/h1-4,7-10,17-18,23-25H,5-6,11-16H2,(H,29,34)(H,30,31)(H,32,33)/t17?,18?,23-,25+/m1/s1.